The van der Waals surface area contributed by atoms with E-state index in [-0.39, 0.29) is 5.41 Å². The molecule has 0 atom stereocenters. The number of nitrogen functional groups attached to an aromatic ring is 1. The second-order valence-electron chi connectivity index (χ2n) is 5.05. The van der Waals surface area contributed by atoms with Crippen LogP contribution in [0, 0.1) is 6.92 Å². The minimum atomic E-state index is 0.0749. The molecule has 0 spiro atoms. The first-order valence-corrected chi connectivity index (χ1v) is 7.06. The summed E-state index contributed by atoms with van der Waals surface area (Å²) in [5, 5.41) is 14.0. The molecule has 2 N–H and O–H groups in total. The van der Waals surface area contributed by atoms with Crippen molar-refractivity contribution in [1.82, 2.24) is 19.8 Å². The van der Waals surface area contributed by atoms with Crippen LogP contribution in [0.4, 0.5) is 5.69 Å². The van der Waals surface area contributed by atoms with Gasteiger partial charge in [-0.05, 0) is 37.5 Å². The van der Waals surface area contributed by atoms with Crippen LogP contribution in [0.15, 0.2) is 24.3 Å². The molecule has 3 aromatic rings. The molecule has 2 aromatic heterocycles. The summed E-state index contributed by atoms with van der Waals surface area (Å²) in [5.41, 5.74) is 7.93. The predicted octanol–water partition coefficient (Wildman–Crippen LogP) is 2.16. The lowest BCUT2D eigenvalue weighted by Gasteiger charge is -2.11. The lowest BCUT2D eigenvalue weighted by atomic mass is 9.97. The summed E-state index contributed by atoms with van der Waals surface area (Å²) in [5.74, 6) is 0.839. The second kappa shape index (κ2) is 3.54. The molecule has 96 valence electrons. The standard InChI is InChI=1S/C13H13N5S/c1-8-15-16-12-18(8)17-11(19-12)13(6-7-13)9-2-4-10(14)5-3-9/h2-5H,6-7,14H2,1H3. The number of aromatic nitrogens is 4. The van der Waals surface area contributed by atoms with Gasteiger partial charge in [-0.2, -0.15) is 9.61 Å². The fourth-order valence-corrected chi connectivity index (χ4v) is 3.62. The highest BCUT2D eigenvalue weighted by Crippen LogP contribution is 2.54. The van der Waals surface area contributed by atoms with Gasteiger partial charge >= 0.3 is 0 Å². The van der Waals surface area contributed by atoms with Crippen molar-refractivity contribution in [3.05, 3.63) is 40.7 Å². The van der Waals surface area contributed by atoms with E-state index in [0.717, 1.165) is 34.3 Å². The molecule has 1 aliphatic carbocycles. The third-order valence-corrected chi connectivity index (χ3v) is 4.87. The molecule has 0 radical (unpaired) electrons. The Labute approximate surface area is 114 Å². The Hall–Kier alpha value is -1.95. The Morgan fingerprint density at radius 1 is 1.21 bits per heavy atom. The molecule has 0 saturated heterocycles. The van der Waals surface area contributed by atoms with Crippen molar-refractivity contribution in [3.8, 4) is 0 Å². The van der Waals surface area contributed by atoms with E-state index >= 15 is 0 Å². The number of anilines is 1. The molecule has 1 aliphatic rings. The Kier molecular flexibility index (Phi) is 2.04. The number of aryl methyl sites for hydroxylation is 1. The van der Waals surface area contributed by atoms with Crippen LogP contribution in [0.2, 0.25) is 0 Å². The van der Waals surface area contributed by atoms with E-state index < -0.39 is 0 Å². The first-order valence-electron chi connectivity index (χ1n) is 6.24. The summed E-state index contributed by atoms with van der Waals surface area (Å²) in [6.45, 7) is 1.92. The summed E-state index contributed by atoms with van der Waals surface area (Å²) < 4.78 is 1.83. The molecular formula is C13H13N5S. The quantitative estimate of drug-likeness (QED) is 0.725. The van der Waals surface area contributed by atoms with E-state index in [1.807, 2.05) is 23.6 Å². The minimum absolute atomic E-state index is 0.0749. The van der Waals surface area contributed by atoms with Gasteiger partial charge < -0.3 is 5.73 Å². The minimum Gasteiger partial charge on any atom is -0.399 e. The smallest absolute Gasteiger partial charge is 0.234 e. The van der Waals surface area contributed by atoms with Crippen LogP contribution in [0.5, 0.6) is 0 Å². The number of rotatable bonds is 2. The highest BCUT2D eigenvalue weighted by molar-refractivity contribution is 7.16. The highest BCUT2D eigenvalue weighted by Gasteiger charge is 2.49. The molecule has 1 aromatic carbocycles. The van der Waals surface area contributed by atoms with Gasteiger partial charge in [-0.15, -0.1) is 10.2 Å². The van der Waals surface area contributed by atoms with Crippen LogP contribution in [0.3, 0.4) is 0 Å². The van der Waals surface area contributed by atoms with Gasteiger partial charge in [0.2, 0.25) is 4.96 Å². The van der Waals surface area contributed by atoms with Crippen molar-refractivity contribution in [3.63, 3.8) is 0 Å². The van der Waals surface area contributed by atoms with E-state index in [1.54, 1.807) is 11.3 Å². The third-order valence-electron chi connectivity index (χ3n) is 3.77. The average Bonchev–Trinajstić information content (AvgIpc) is 2.99. The van der Waals surface area contributed by atoms with E-state index in [0.29, 0.717) is 0 Å². The van der Waals surface area contributed by atoms with Gasteiger partial charge in [-0.1, -0.05) is 23.5 Å². The fraction of sp³-hybridized carbons (Fsp3) is 0.308. The number of fused-ring (bicyclic) bond motifs is 1. The molecule has 0 bridgehead atoms. The molecule has 1 saturated carbocycles. The molecule has 5 nitrogen and oxygen atoms in total. The Morgan fingerprint density at radius 3 is 2.58 bits per heavy atom. The van der Waals surface area contributed by atoms with Gasteiger partial charge in [0.05, 0.1) is 0 Å². The molecule has 19 heavy (non-hydrogen) atoms. The van der Waals surface area contributed by atoms with Gasteiger partial charge in [0, 0.05) is 11.1 Å². The number of nitrogens with two attached hydrogens (primary N) is 1. The van der Waals surface area contributed by atoms with Crippen molar-refractivity contribution in [2.75, 3.05) is 5.73 Å². The maximum atomic E-state index is 5.76. The van der Waals surface area contributed by atoms with Crippen LogP contribution >= 0.6 is 11.3 Å². The number of hydrogen-bond donors (Lipinski definition) is 1. The fourth-order valence-electron chi connectivity index (χ4n) is 2.46. The predicted molar refractivity (Wildman–Crippen MR) is 74.3 cm³/mol. The molecule has 6 heteroatoms. The van der Waals surface area contributed by atoms with Gasteiger partial charge in [0.25, 0.3) is 0 Å². The van der Waals surface area contributed by atoms with Crippen molar-refractivity contribution in [2.45, 2.75) is 25.2 Å². The van der Waals surface area contributed by atoms with Crippen LogP contribution in [0.25, 0.3) is 4.96 Å². The summed E-state index contributed by atoms with van der Waals surface area (Å²) in [4.78, 5) is 0.870. The maximum Gasteiger partial charge on any atom is 0.234 e. The summed E-state index contributed by atoms with van der Waals surface area (Å²) in [7, 11) is 0. The largest absolute Gasteiger partial charge is 0.399 e. The first kappa shape index (κ1) is 10.9. The second-order valence-corrected chi connectivity index (χ2v) is 6.01. The highest BCUT2D eigenvalue weighted by atomic mass is 32.1. The van der Waals surface area contributed by atoms with Crippen molar-refractivity contribution < 1.29 is 0 Å². The lowest BCUT2D eigenvalue weighted by Crippen LogP contribution is -2.09. The molecule has 0 unspecified atom stereocenters. The Bertz CT molecular complexity index is 751. The van der Waals surface area contributed by atoms with Gasteiger partial charge in [-0.3, -0.25) is 0 Å². The monoisotopic (exact) mass is 271 g/mol. The van der Waals surface area contributed by atoms with E-state index in [1.165, 1.54) is 5.56 Å². The van der Waals surface area contributed by atoms with E-state index in [4.69, 9.17) is 5.73 Å². The Morgan fingerprint density at radius 2 is 1.95 bits per heavy atom. The zero-order chi connectivity index (χ0) is 13.0. The van der Waals surface area contributed by atoms with Crippen LogP contribution in [-0.2, 0) is 5.41 Å². The van der Waals surface area contributed by atoms with Crippen molar-refractivity contribution >= 4 is 22.0 Å². The number of hydrogen-bond acceptors (Lipinski definition) is 5. The number of nitrogens with zero attached hydrogens (tertiary/aromatic N) is 4. The number of benzene rings is 1. The van der Waals surface area contributed by atoms with Crippen LogP contribution in [-0.4, -0.2) is 19.8 Å². The molecule has 4 rings (SSSR count). The zero-order valence-corrected chi connectivity index (χ0v) is 11.3. The summed E-state index contributed by atoms with van der Waals surface area (Å²) in [6, 6.07) is 8.14. The topological polar surface area (TPSA) is 69.1 Å². The molecule has 2 heterocycles. The lowest BCUT2D eigenvalue weighted by molar-refractivity contribution is 0.771. The molecular weight excluding hydrogens is 258 g/mol. The SMILES string of the molecule is Cc1nnc2sc(C3(c4ccc(N)cc4)CC3)nn12. The summed E-state index contributed by atoms with van der Waals surface area (Å²) >= 11 is 1.63. The average molecular weight is 271 g/mol. The molecule has 1 fully saturated rings. The van der Waals surface area contributed by atoms with Crippen LogP contribution in [0.1, 0.15) is 29.2 Å². The van der Waals surface area contributed by atoms with Crippen LogP contribution < -0.4 is 5.73 Å². The van der Waals surface area contributed by atoms with Crippen molar-refractivity contribution in [1.29, 1.82) is 0 Å². The maximum absolute atomic E-state index is 5.76. The van der Waals surface area contributed by atoms with Gasteiger partial charge in [-0.25, -0.2) is 0 Å². The molecule has 0 amide bonds. The van der Waals surface area contributed by atoms with E-state index in [9.17, 15) is 0 Å². The van der Waals surface area contributed by atoms with Gasteiger partial charge in [0.15, 0.2) is 5.82 Å². The third kappa shape index (κ3) is 1.49. The van der Waals surface area contributed by atoms with E-state index in [2.05, 4.69) is 27.4 Å². The van der Waals surface area contributed by atoms with Crippen molar-refractivity contribution in [2.24, 2.45) is 0 Å². The summed E-state index contributed by atoms with van der Waals surface area (Å²) in [6.07, 6.45) is 2.28. The zero-order valence-electron chi connectivity index (χ0n) is 10.5. The first-order chi connectivity index (χ1) is 9.19. The Balaban J connectivity index is 1.84. The van der Waals surface area contributed by atoms with Gasteiger partial charge in [0.1, 0.15) is 5.01 Å². The normalized spacial score (nSPS) is 16.9. The molecule has 0 aliphatic heterocycles.